The van der Waals surface area contributed by atoms with E-state index in [1.807, 2.05) is 0 Å². The molecule has 0 spiro atoms. The van der Waals surface area contributed by atoms with Gasteiger partial charge in [0, 0.05) is 13.1 Å². The zero-order valence-corrected chi connectivity index (χ0v) is 12.4. The van der Waals surface area contributed by atoms with E-state index >= 15 is 0 Å². The highest BCUT2D eigenvalue weighted by molar-refractivity contribution is 5.77. The summed E-state index contributed by atoms with van der Waals surface area (Å²) in [5.41, 5.74) is 5.27. The van der Waals surface area contributed by atoms with Crippen molar-refractivity contribution in [2.24, 2.45) is 11.6 Å². The minimum atomic E-state index is -0.273. The molecule has 0 aromatic carbocycles. The minimum Gasteiger partial charge on any atom is -0.378 e. The Bertz CT molecular complexity index is 233. The molecule has 0 heterocycles. The number of rotatable bonds is 16. The van der Waals surface area contributed by atoms with Gasteiger partial charge in [-0.1, -0.05) is 0 Å². The van der Waals surface area contributed by atoms with Crippen molar-refractivity contribution in [3.63, 3.8) is 0 Å². The molecule has 5 N–H and O–H groups in total. The second-order valence-electron chi connectivity index (χ2n) is 3.90. The van der Waals surface area contributed by atoms with Gasteiger partial charge < -0.3 is 30.0 Å². The molecule has 126 valence electrons. The van der Waals surface area contributed by atoms with Crippen LogP contribution in [0.5, 0.6) is 0 Å². The van der Waals surface area contributed by atoms with E-state index in [9.17, 15) is 4.79 Å². The molecule has 9 nitrogen and oxygen atoms in total. The Labute approximate surface area is 125 Å². The van der Waals surface area contributed by atoms with Gasteiger partial charge in [-0.25, -0.2) is 5.90 Å². The molecule has 21 heavy (non-hydrogen) atoms. The molecule has 0 rings (SSSR count). The number of nitrogens with two attached hydrogens (primary N) is 2. The van der Waals surface area contributed by atoms with Gasteiger partial charge in [0.15, 0.2) is 0 Å². The van der Waals surface area contributed by atoms with E-state index in [1.54, 1.807) is 0 Å². The lowest BCUT2D eigenvalue weighted by molar-refractivity contribution is -0.126. The molecule has 0 aliphatic heterocycles. The van der Waals surface area contributed by atoms with Crippen LogP contribution in [0, 0.1) is 0 Å². The Morgan fingerprint density at radius 3 is 1.76 bits per heavy atom. The molecule has 0 bridgehead atoms. The standard InChI is InChI=1S/C12H27N3O6/c13-1-3-17-5-7-19-9-10-20-8-6-18-4-2-15-12(16)11-21-14/h1-11,13-14H2,(H,15,16). The Balaban J connectivity index is 3.01. The van der Waals surface area contributed by atoms with Crippen molar-refractivity contribution in [1.29, 1.82) is 0 Å². The SMILES string of the molecule is NCCOCCOCCOCCOCCNC(=O)CON. The van der Waals surface area contributed by atoms with Crippen LogP contribution < -0.4 is 16.9 Å². The molecule has 0 aromatic heterocycles. The molecule has 0 saturated carbocycles. The van der Waals surface area contributed by atoms with Crippen LogP contribution in [0.2, 0.25) is 0 Å². The number of carbonyl (C=O) groups excluding carboxylic acids is 1. The van der Waals surface area contributed by atoms with Crippen molar-refractivity contribution < 1.29 is 28.6 Å². The Morgan fingerprint density at radius 1 is 0.810 bits per heavy atom. The summed E-state index contributed by atoms with van der Waals surface area (Å²) in [5.74, 6) is 4.48. The molecule has 0 aromatic rings. The Kier molecular flexibility index (Phi) is 16.6. The van der Waals surface area contributed by atoms with Crippen LogP contribution in [0.1, 0.15) is 0 Å². The second kappa shape index (κ2) is 17.2. The van der Waals surface area contributed by atoms with Crippen LogP contribution in [0.4, 0.5) is 0 Å². The minimum absolute atomic E-state index is 0.152. The van der Waals surface area contributed by atoms with Gasteiger partial charge in [-0.15, -0.1) is 0 Å². The molecule has 0 atom stereocenters. The third-order valence-electron chi connectivity index (χ3n) is 2.16. The summed E-state index contributed by atoms with van der Waals surface area (Å²) in [5, 5.41) is 2.57. The summed E-state index contributed by atoms with van der Waals surface area (Å²) < 4.78 is 21.0. The van der Waals surface area contributed by atoms with Gasteiger partial charge in [0.1, 0.15) is 6.61 Å². The lowest BCUT2D eigenvalue weighted by atomic mass is 10.6. The average Bonchev–Trinajstić information content (AvgIpc) is 2.48. The van der Waals surface area contributed by atoms with Gasteiger partial charge in [-0.2, -0.15) is 0 Å². The third kappa shape index (κ3) is 17.1. The molecule has 0 saturated heterocycles. The van der Waals surface area contributed by atoms with Gasteiger partial charge in [0.2, 0.25) is 5.91 Å². The first-order valence-corrected chi connectivity index (χ1v) is 6.90. The maximum atomic E-state index is 10.9. The van der Waals surface area contributed by atoms with Crippen molar-refractivity contribution in [3.8, 4) is 0 Å². The first kappa shape index (κ1) is 20.2. The quantitative estimate of drug-likeness (QED) is 0.221. The van der Waals surface area contributed by atoms with Crippen LogP contribution in [-0.2, 0) is 28.6 Å². The number of nitrogens with one attached hydrogen (secondary N) is 1. The van der Waals surface area contributed by atoms with Crippen molar-refractivity contribution in [1.82, 2.24) is 5.32 Å². The first-order valence-electron chi connectivity index (χ1n) is 6.90. The van der Waals surface area contributed by atoms with E-state index in [2.05, 4.69) is 10.2 Å². The smallest absolute Gasteiger partial charge is 0.248 e. The number of amides is 1. The summed E-state index contributed by atoms with van der Waals surface area (Å²) in [7, 11) is 0. The first-order chi connectivity index (χ1) is 10.3. The topological polar surface area (TPSA) is 127 Å². The number of ether oxygens (including phenoxy) is 4. The van der Waals surface area contributed by atoms with E-state index < -0.39 is 0 Å². The average molecular weight is 309 g/mol. The van der Waals surface area contributed by atoms with Crippen LogP contribution in [0.25, 0.3) is 0 Å². The summed E-state index contributed by atoms with van der Waals surface area (Å²) >= 11 is 0. The van der Waals surface area contributed by atoms with Gasteiger partial charge >= 0.3 is 0 Å². The fourth-order valence-corrected chi connectivity index (χ4v) is 1.23. The van der Waals surface area contributed by atoms with Crippen LogP contribution in [0.15, 0.2) is 0 Å². The lowest BCUT2D eigenvalue weighted by Crippen LogP contribution is -2.31. The van der Waals surface area contributed by atoms with Crippen molar-refractivity contribution in [3.05, 3.63) is 0 Å². The Morgan fingerprint density at radius 2 is 1.29 bits per heavy atom. The van der Waals surface area contributed by atoms with E-state index in [0.29, 0.717) is 65.9 Å². The molecule has 0 unspecified atom stereocenters. The lowest BCUT2D eigenvalue weighted by Gasteiger charge is -2.07. The molecule has 0 aliphatic carbocycles. The predicted molar refractivity (Wildman–Crippen MR) is 75.5 cm³/mol. The molecule has 0 fully saturated rings. The van der Waals surface area contributed by atoms with Crippen molar-refractivity contribution in [2.75, 3.05) is 72.6 Å². The van der Waals surface area contributed by atoms with E-state index in [-0.39, 0.29) is 12.5 Å². The second-order valence-corrected chi connectivity index (χ2v) is 3.90. The van der Waals surface area contributed by atoms with Crippen LogP contribution in [0.3, 0.4) is 0 Å². The number of hydrogen-bond acceptors (Lipinski definition) is 8. The van der Waals surface area contributed by atoms with Crippen LogP contribution in [-0.4, -0.2) is 78.5 Å². The van der Waals surface area contributed by atoms with Crippen molar-refractivity contribution in [2.45, 2.75) is 0 Å². The molecule has 1 amide bonds. The largest absolute Gasteiger partial charge is 0.378 e. The molecule has 0 aliphatic rings. The van der Waals surface area contributed by atoms with Gasteiger partial charge in [-0.3, -0.25) is 9.63 Å². The highest BCUT2D eigenvalue weighted by Crippen LogP contribution is 1.82. The zero-order chi connectivity index (χ0) is 15.6. The highest BCUT2D eigenvalue weighted by Gasteiger charge is 1.98. The summed E-state index contributed by atoms with van der Waals surface area (Å²) in [4.78, 5) is 15.1. The number of hydrogen-bond donors (Lipinski definition) is 3. The monoisotopic (exact) mass is 309 g/mol. The normalized spacial score (nSPS) is 10.8. The zero-order valence-electron chi connectivity index (χ0n) is 12.4. The Hall–Kier alpha value is -0.810. The third-order valence-corrected chi connectivity index (χ3v) is 2.16. The van der Waals surface area contributed by atoms with E-state index in [4.69, 9.17) is 30.6 Å². The highest BCUT2D eigenvalue weighted by atomic mass is 16.6. The van der Waals surface area contributed by atoms with Gasteiger partial charge in [0.05, 0.1) is 52.9 Å². The van der Waals surface area contributed by atoms with Crippen molar-refractivity contribution >= 4 is 5.91 Å². The molecule has 0 radical (unpaired) electrons. The predicted octanol–water partition coefficient (Wildman–Crippen LogP) is -1.98. The maximum Gasteiger partial charge on any atom is 0.248 e. The van der Waals surface area contributed by atoms with Gasteiger partial charge in [0.25, 0.3) is 0 Å². The summed E-state index contributed by atoms with van der Waals surface area (Å²) in [6.45, 7) is 4.78. The molecular formula is C12H27N3O6. The van der Waals surface area contributed by atoms with Crippen LogP contribution >= 0.6 is 0 Å². The van der Waals surface area contributed by atoms with E-state index in [1.165, 1.54) is 0 Å². The number of carbonyl (C=O) groups is 1. The fraction of sp³-hybridized carbons (Fsp3) is 0.917. The summed E-state index contributed by atoms with van der Waals surface area (Å²) in [6.07, 6.45) is 0. The van der Waals surface area contributed by atoms with Gasteiger partial charge in [-0.05, 0) is 0 Å². The summed E-state index contributed by atoms with van der Waals surface area (Å²) in [6, 6.07) is 0. The maximum absolute atomic E-state index is 10.9. The fourth-order valence-electron chi connectivity index (χ4n) is 1.23. The molecule has 9 heteroatoms. The van der Waals surface area contributed by atoms with E-state index in [0.717, 1.165) is 0 Å². The molecular weight excluding hydrogens is 282 g/mol.